The van der Waals surface area contributed by atoms with Crippen LogP contribution in [0.4, 0.5) is 0 Å². The minimum absolute atomic E-state index is 0.359. The van der Waals surface area contributed by atoms with Gasteiger partial charge in [0.05, 0.1) is 0 Å². The molecule has 0 atom stereocenters. The van der Waals surface area contributed by atoms with Crippen molar-refractivity contribution in [2.24, 2.45) is 0 Å². The van der Waals surface area contributed by atoms with Crippen LogP contribution in [0.5, 0.6) is 5.75 Å². The van der Waals surface area contributed by atoms with Crippen LogP contribution in [0.2, 0.25) is 0 Å². The Morgan fingerprint density at radius 2 is 2.05 bits per heavy atom. The average Bonchev–Trinajstić information content (AvgIpc) is 2.87. The van der Waals surface area contributed by atoms with Crippen molar-refractivity contribution in [2.75, 3.05) is 13.2 Å². The molecule has 1 aliphatic rings. The Morgan fingerprint density at radius 1 is 1.24 bits per heavy atom. The number of aryl methyl sites for hydroxylation is 1. The van der Waals surface area contributed by atoms with Crippen molar-refractivity contribution in [3.63, 3.8) is 0 Å². The molecule has 1 aliphatic heterocycles. The third-order valence-electron chi connectivity index (χ3n) is 3.50. The Morgan fingerprint density at radius 3 is 2.81 bits per heavy atom. The summed E-state index contributed by atoms with van der Waals surface area (Å²) in [6.07, 6.45) is 0.853. The van der Waals surface area contributed by atoms with E-state index in [0.717, 1.165) is 22.6 Å². The smallest absolute Gasteiger partial charge is 0.252 e. The topological polar surface area (TPSA) is 46.6 Å². The normalized spacial score (nSPS) is 16.0. The Kier molecular flexibility index (Phi) is 4.01. The van der Waals surface area contributed by atoms with Gasteiger partial charge in [-0.2, -0.15) is 4.31 Å². The maximum absolute atomic E-state index is 12.8. The summed E-state index contributed by atoms with van der Waals surface area (Å²) in [7, 11) is -3.45. The second kappa shape index (κ2) is 5.79. The van der Waals surface area contributed by atoms with Gasteiger partial charge in [-0.05, 0) is 24.6 Å². The Bertz CT molecular complexity index is 737. The molecule has 2 aromatic rings. The van der Waals surface area contributed by atoms with E-state index in [-0.39, 0.29) is 0 Å². The van der Waals surface area contributed by atoms with E-state index >= 15 is 0 Å². The first-order chi connectivity index (χ1) is 10.1. The summed E-state index contributed by atoms with van der Waals surface area (Å²) >= 11 is 1.35. The standard InChI is InChI=1S/C15H17NO3S2/c1-2-13-7-8-15(20-13)21(17,18)16-9-10-19-14-6-4-3-5-12(14)11-16/h3-8H,2,9-11H2,1H3. The van der Waals surface area contributed by atoms with Crippen LogP contribution in [0.25, 0.3) is 0 Å². The zero-order valence-corrected chi connectivity index (χ0v) is 13.4. The molecule has 0 radical (unpaired) electrons. The number of hydrogen-bond donors (Lipinski definition) is 0. The lowest BCUT2D eigenvalue weighted by atomic mass is 10.2. The molecule has 6 heteroatoms. The van der Waals surface area contributed by atoms with E-state index in [1.165, 1.54) is 15.6 Å². The maximum Gasteiger partial charge on any atom is 0.252 e. The van der Waals surface area contributed by atoms with Crippen LogP contribution in [0, 0.1) is 0 Å². The molecule has 0 fully saturated rings. The highest BCUT2D eigenvalue weighted by Gasteiger charge is 2.28. The first-order valence-electron chi connectivity index (χ1n) is 6.91. The first-order valence-corrected chi connectivity index (χ1v) is 9.16. The van der Waals surface area contributed by atoms with E-state index in [0.29, 0.717) is 23.9 Å². The summed E-state index contributed by atoms with van der Waals surface area (Å²) in [6.45, 7) is 3.13. The molecule has 0 aliphatic carbocycles. The highest BCUT2D eigenvalue weighted by molar-refractivity contribution is 7.91. The Labute approximate surface area is 129 Å². The highest BCUT2D eigenvalue weighted by atomic mass is 32.2. The molecule has 0 saturated carbocycles. The van der Waals surface area contributed by atoms with Gasteiger partial charge >= 0.3 is 0 Å². The largest absolute Gasteiger partial charge is 0.492 e. The van der Waals surface area contributed by atoms with Gasteiger partial charge < -0.3 is 4.74 Å². The second-order valence-electron chi connectivity index (χ2n) is 4.87. The van der Waals surface area contributed by atoms with E-state index in [4.69, 9.17) is 4.74 Å². The van der Waals surface area contributed by atoms with E-state index < -0.39 is 10.0 Å². The molecule has 0 N–H and O–H groups in total. The van der Waals surface area contributed by atoms with Gasteiger partial charge in [-0.1, -0.05) is 25.1 Å². The van der Waals surface area contributed by atoms with Crippen LogP contribution in [0.3, 0.4) is 0 Å². The predicted octanol–water partition coefficient (Wildman–Crippen LogP) is 2.89. The number of nitrogens with zero attached hydrogens (tertiary/aromatic N) is 1. The summed E-state index contributed by atoms with van der Waals surface area (Å²) in [5.74, 6) is 0.774. The lowest BCUT2D eigenvalue weighted by Gasteiger charge is -2.18. The molecule has 3 rings (SSSR count). The zero-order valence-electron chi connectivity index (χ0n) is 11.8. The minimum atomic E-state index is -3.45. The van der Waals surface area contributed by atoms with Gasteiger partial charge in [-0.25, -0.2) is 8.42 Å². The molecule has 1 aromatic heterocycles. The van der Waals surface area contributed by atoms with Gasteiger partial charge in [0, 0.05) is 23.5 Å². The molecule has 4 nitrogen and oxygen atoms in total. The molecule has 0 unspecified atom stereocenters. The van der Waals surface area contributed by atoms with Crippen LogP contribution in [-0.2, 0) is 23.0 Å². The summed E-state index contributed by atoms with van der Waals surface area (Å²) in [5.41, 5.74) is 0.908. The third-order valence-corrected chi connectivity index (χ3v) is 7.04. The second-order valence-corrected chi connectivity index (χ2v) is 8.20. The Hall–Kier alpha value is -1.37. The molecule has 0 bridgehead atoms. The molecular formula is C15H17NO3S2. The van der Waals surface area contributed by atoms with Gasteiger partial charge in [0.15, 0.2) is 0 Å². The van der Waals surface area contributed by atoms with Gasteiger partial charge in [-0.3, -0.25) is 0 Å². The number of hydrogen-bond acceptors (Lipinski definition) is 4. The number of fused-ring (bicyclic) bond motifs is 1. The number of para-hydroxylation sites is 1. The van der Waals surface area contributed by atoms with E-state index in [1.54, 1.807) is 6.07 Å². The van der Waals surface area contributed by atoms with Crippen molar-refractivity contribution in [1.82, 2.24) is 4.31 Å². The van der Waals surface area contributed by atoms with E-state index in [9.17, 15) is 8.42 Å². The Balaban J connectivity index is 1.92. The lowest BCUT2D eigenvalue weighted by Crippen LogP contribution is -2.32. The van der Waals surface area contributed by atoms with Crippen LogP contribution < -0.4 is 4.74 Å². The maximum atomic E-state index is 12.8. The van der Waals surface area contributed by atoms with Crippen molar-refractivity contribution in [2.45, 2.75) is 24.1 Å². The van der Waals surface area contributed by atoms with Crippen LogP contribution in [0.1, 0.15) is 17.4 Å². The number of benzene rings is 1. The van der Waals surface area contributed by atoms with Gasteiger partial charge in [0.2, 0.25) is 0 Å². The number of ether oxygens (including phenoxy) is 1. The van der Waals surface area contributed by atoms with Crippen molar-refractivity contribution in [3.8, 4) is 5.75 Å². The predicted molar refractivity (Wildman–Crippen MR) is 83.2 cm³/mol. The van der Waals surface area contributed by atoms with Gasteiger partial charge in [0.25, 0.3) is 10.0 Å². The zero-order chi connectivity index (χ0) is 14.9. The number of sulfonamides is 1. The summed E-state index contributed by atoms with van der Waals surface area (Å²) in [6, 6.07) is 11.2. The average molecular weight is 323 g/mol. The van der Waals surface area contributed by atoms with Crippen molar-refractivity contribution < 1.29 is 13.2 Å². The minimum Gasteiger partial charge on any atom is -0.492 e. The van der Waals surface area contributed by atoms with E-state index in [1.807, 2.05) is 37.3 Å². The van der Waals surface area contributed by atoms with Crippen LogP contribution in [-0.4, -0.2) is 25.9 Å². The number of thiophene rings is 1. The monoisotopic (exact) mass is 323 g/mol. The van der Waals surface area contributed by atoms with Crippen molar-refractivity contribution in [3.05, 3.63) is 46.8 Å². The summed E-state index contributed by atoms with van der Waals surface area (Å²) < 4.78 is 33.1. The van der Waals surface area contributed by atoms with Crippen molar-refractivity contribution >= 4 is 21.4 Å². The number of rotatable bonds is 3. The first kappa shape index (κ1) is 14.6. The van der Waals surface area contributed by atoms with Crippen LogP contribution in [0.15, 0.2) is 40.6 Å². The van der Waals surface area contributed by atoms with E-state index in [2.05, 4.69) is 0 Å². The van der Waals surface area contributed by atoms with Gasteiger partial charge in [0.1, 0.15) is 16.6 Å². The summed E-state index contributed by atoms with van der Waals surface area (Å²) in [4.78, 5) is 1.08. The molecule has 0 saturated heterocycles. The fourth-order valence-corrected chi connectivity index (χ4v) is 5.17. The molecule has 0 amide bonds. The van der Waals surface area contributed by atoms with Gasteiger partial charge in [-0.15, -0.1) is 11.3 Å². The SMILES string of the molecule is CCc1ccc(S(=O)(=O)N2CCOc3ccccc3C2)s1. The fourth-order valence-electron chi connectivity index (χ4n) is 2.32. The molecule has 21 heavy (non-hydrogen) atoms. The fraction of sp³-hybridized carbons (Fsp3) is 0.333. The highest BCUT2D eigenvalue weighted by Crippen LogP contribution is 2.29. The molecular weight excluding hydrogens is 306 g/mol. The lowest BCUT2D eigenvalue weighted by molar-refractivity contribution is 0.293. The quantitative estimate of drug-likeness (QED) is 0.872. The molecule has 1 aromatic carbocycles. The summed E-state index contributed by atoms with van der Waals surface area (Å²) in [5, 5.41) is 0. The molecule has 112 valence electrons. The van der Waals surface area contributed by atoms with Crippen molar-refractivity contribution in [1.29, 1.82) is 0 Å². The molecule has 0 spiro atoms. The third kappa shape index (κ3) is 2.84. The van der Waals surface area contributed by atoms with Crippen LogP contribution >= 0.6 is 11.3 Å². The molecule has 2 heterocycles.